The van der Waals surface area contributed by atoms with Crippen LogP contribution in [0.15, 0.2) is 16.2 Å². The quantitative estimate of drug-likeness (QED) is 0.621. The van der Waals surface area contributed by atoms with Crippen LogP contribution in [0, 0.1) is 0 Å². The predicted octanol–water partition coefficient (Wildman–Crippen LogP) is 0.672. The SMILES string of the molecule is CC(C)=CCOc1noc(C(=O)O)c1CC(N)C(=O)O. The van der Waals surface area contributed by atoms with Crippen molar-refractivity contribution in [3.63, 3.8) is 0 Å². The van der Waals surface area contributed by atoms with Gasteiger partial charge in [-0.2, -0.15) is 0 Å². The number of aromatic nitrogens is 1. The highest BCUT2D eigenvalue weighted by Gasteiger charge is 2.26. The topological polar surface area (TPSA) is 136 Å². The van der Waals surface area contributed by atoms with E-state index in [9.17, 15) is 9.59 Å². The van der Waals surface area contributed by atoms with Crippen molar-refractivity contribution in [2.45, 2.75) is 26.3 Å². The summed E-state index contributed by atoms with van der Waals surface area (Å²) in [5.41, 5.74) is 6.44. The Morgan fingerprint density at radius 2 is 2.10 bits per heavy atom. The van der Waals surface area contributed by atoms with Crippen LogP contribution in [0.5, 0.6) is 5.88 Å². The van der Waals surface area contributed by atoms with Crippen molar-refractivity contribution in [3.05, 3.63) is 23.0 Å². The molecular weight excluding hydrogens is 268 g/mol. The second-order valence-electron chi connectivity index (χ2n) is 4.34. The minimum absolute atomic E-state index is 0.0366. The first kappa shape index (κ1) is 15.7. The molecule has 1 rings (SSSR count). The molecule has 8 heteroatoms. The Hall–Kier alpha value is -2.35. The van der Waals surface area contributed by atoms with Crippen LogP contribution in [0.1, 0.15) is 30.0 Å². The number of ether oxygens (including phenoxy) is 1. The fourth-order valence-corrected chi connectivity index (χ4v) is 1.35. The molecule has 1 atom stereocenters. The molecule has 20 heavy (non-hydrogen) atoms. The molecule has 0 aliphatic heterocycles. The average Bonchev–Trinajstić information content (AvgIpc) is 2.72. The van der Waals surface area contributed by atoms with Gasteiger partial charge in [0.15, 0.2) is 0 Å². The van der Waals surface area contributed by atoms with Crippen molar-refractivity contribution in [3.8, 4) is 5.88 Å². The van der Waals surface area contributed by atoms with E-state index >= 15 is 0 Å². The standard InChI is InChI=1S/C12H16N2O6/c1-6(2)3-4-19-10-7(5-8(13)11(15)16)9(12(17)18)20-14-10/h3,8H,4-5,13H2,1-2H3,(H,15,16)(H,17,18). The van der Waals surface area contributed by atoms with E-state index in [-0.39, 0.29) is 24.5 Å². The van der Waals surface area contributed by atoms with Crippen molar-refractivity contribution in [1.82, 2.24) is 5.16 Å². The van der Waals surface area contributed by atoms with Crippen LogP contribution < -0.4 is 10.5 Å². The second kappa shape index (κ2) is 6.71. The molecule has 0 amide bonds. The van der Waals surface area contributed by atoms with Crippen LogP contribution in [0.3, 0.4) is 0 Å². The molecule has 0 fully saturated rings. The molecule has 8 nitrogen and oxygen atoms in total. The van der Waals surface area contributed by atoms with Gasteiger partial charge in [-0.15, -0.1) is 0 Å². The molecule has 0 saturated carbocycles. The molecule has 4 N–H and O–H groups in total. The number of hydrogen-bond donors (Lipinski definition) is 3. The molecule has 0 aliphatic rings. The zero-order valence-electron chi connectivity index (χ0n) is 11.1. The third-order valence-corrected chi connectivity index (χ3v) is 2.40. The first-order valence-electron chi connectivity index (χ1n) is 5.79. The maximum absolute atomic E-state index is 11.0. The molecule has 1 unspecified atom stereocenters. The number of aromatic carboxylic acids is 1. The number of carboxylic acid groups (broad SMARTS) is 2. The van der Waals surface area contributed by atoms with Crippen molar-refractivity contribution in [2.75, 3.05) is 6.61 Å². The Morgan fingerprint density at radius 1 is 1.45 bits per heavy atom. The summed E-state index contributed by atoms with van der Waals surface area (Å²) >= 11 is 0. The predicted molar refractivity (Wildman–Crippen MR) is 67.7 cm³/mol. The summed E-state index contributed by atoms with van der Waals surface area (Å²) in [6, 6.07) is -1.27. The number of aliphatic carboxylic acids is 1. The van der Waals surface area contributed by atoms with Gasteiger partial charge in [-0.05, 0) is 25.1 Å². The zero-order chi connectivity index (χ0) is 15.3. The smallest absolute Gasteiger partial charge is 0.375 e. The van der Waals surface area contributed by atoms with Crippen LogP contribution in [-0.4, -0.2) is 40.0 Å². The van der Waals surface area contributed by atoms with Gasteiger partial charge in [0.05, 0.1) is 5.56 Å². The third kappa shape index (κ3) is 4.09. The van der Waals surface area contributed by atoms with Crippen LogP contribution >= 0.6 is 0 Å². The molecule has 0 spiro atoms. The van der Waals surface area contributed by atoms with Gasteiger partial charge in [-0.25, -0.2) is 4.79 Å². The van der Waals surface area contributed by atoms with Gasteiger partial charge in [0, 0.05) is 6.42 Å². The van der Waals surface area contributed by atoms with Crippen molar-refractivity contribution in [2.24, 2.45) is 5.73 Å². The number of rotatable bonds is 7. The molecule has 0 aliphatic carbocycles. The summed E-state index contributed by atoms with van der Waals surface area (Å²) < 4.78 is 9.92. The number of carbonyl (C=O) groups is 2. The summed E-state index contributed by atoms with van der Waals surface area (Å²) in [6.45, 7) is 3.91. The number of nitrogens with two attached hydrogens (primary N) is 1. The van der Waals surface area contributed by atoms with Crippen molar-refractivity contribution < 1.29 is 29.1 Å². The highest BCUT2D eigenvalue weighted by molar-refractivity contribution is 5.87. The van der Waals surface area contributed by atoms with Gasteiger partial charge in [0.1, 0.15) is 12.6 Å². The third-order valence-electron chi connectivity index (χ3n) is 2.40. The summed E-state index contributed by atoms with van der Waals surface area (Å²) in [4.78, 5) is 21.7. The normalized spacial score (nSPS) is 11.8. The molecular formula is C12H16N2O6. The summed E-state index contributed by atoms with van der Waals surface area (Å²) in [5, 5.41) is 21.2. The van der Waals surface area contributed by atoms with Gasteiger partial charge in [0.25, 0.3) is 11.6 Å². The minimum Gasteiger partial charge on any atom is -0.480 e. The second-order valence-corrected chi connectivity index (χ2v) is 4.34. The highest BCUT2D eigenvalue weighted by Crippen LogP contribution is 2.23. The van der Waals surface area contributed by atoms with E-state index in [2.05, 4.69) is 9.68 Å². The van der Waals surface area contributed by atoms with E-state index in [1.807, 2.05) is 13.8 Å². The maximum atomic E-state index is 11.0. The molecule has 0 saturated heterocycles. The van der Waals surface area contributed by atoms with E-state index < -0.39 is 23.7 Å². The molecule has 0 bridgehead atoms. The first-order chi connectivity index (χ1) is 9.32. The molecule has 0 aromatic carbocycles. The number of nitrogens with zero attached hydrogens (tertiary/aromatic N) is 1. The Balaban J connectivity index is 2.97. The number of carboxylic acids is 2. The Labute approximate surface area is 114 Å². The van der Waals surface area contributed by atoms with Crippen LogP contribution in [0.2, 0.25) is 0 Å². The Bertz CT molecular complexity index is 530. The van der Waals surface area contributed by atoms with Gasteiger partial charge in [0.2, 0.25) is 0 Å². The van der Waals surface area contributed by atoms with Gasteiger partial charge < -0.3 is 25.2 Å². The van der Waals surface area contributed by atoms with Gasteiger partial charge in [-0.1, -0.05) is 5.57 Å². The molecule has 1 heterocycles. The van der Waals surface area contributed by atoms with E-state index in [0.717, 1.165) is 5.57 Å². The lowest BCUT2D eigenvalue weighted by Gasteiger charge is -2.07. The largest absolute Gasteiger partial charge is 0.480 e. The summed E-state index contributed by atoms with van der Waals surface area (Å²) in [5.74, 6) is -3.13. The first-order valence-corrected chi connectivity index (χ1v) is 5.79. The van der Waals surface area contributed by atoms with Crippen molar-refractivity contribution >= 4 is 11.9 Å². The Morgan fingerprint density at radius 3 is 2.60 bits per heavy atom. The lowest BCUT2D eigenvalue weighted by atomic mass is 10.1. The van der Waals surface area contributed by atoms with Crippen LogP contribution in [-0.2, 0) is 11.2 Å². The van der Waals surface area contributed by atoms with Crippen LogP contribution in [0.4, 0.5) is 0 Å². The molecule has 1 aromatic heterocycles. The average molecular weight is 284 g/mol. The fraction of sp³-hybridized carbons (Fsp3) is 0.417. The van der Waals surface area contributed by atoms with E-state index in [0.29, 0.717) is 0 Å². The molecule has 1 aromatic rings. The summed E-state index contributed by atoms with van der Waals surface area (Å²) in [6.07, 6.45) is 1.51. The highest BCUT2D eigenvalue weighted by atomic mass is 16.5. The van der Waals surface area contributed by atoms with Crippen LogP contribution in [0.25, 0.3) is 0 Å². The van der Waals surface area contributed by atoms with Gasteiger partial charge >= 0.3 is 11.9 Å². The summed E-state index contributed by atoms with van der Waals surface area (Å²) in [7, 11) is 0. The number of allylic oxidation sites excluding steroid dienone is 1. The van der Waals surface area contributed by atoms with Crippen molar-refractivity contribution in [1.29, 1.82) is 0 Å². The maximum Gasteiger partial charge on any atom is 0.375 e. The minimum atomic E-state index is -1.36. The Kier molecular flexibility index (Phi) is 5.27. The fourth-order valence-electron chi connectivity index (χ4n) is 1.35. The zero-order valence-corrected chi connectivity index (χ0v) is 11.1. The van der Waals surface area contributed by atoms with Gasteiger partial charge in [-0.3, -0.25) is 4.79 Å². The monoisotopic (exact) mass is 284 g/mol. The lowest BCUT2D eigenvalue weighted by molar-refractivity contribution is -0.138. The van der Waals surface area contributed by atoms with E-state index in [1.54, 1.807) is 6.08 Å². The van der Waals surface area contributed by atoms with E-state index in [4.69, 9.17) is 20.7 Å². The van der Waals surface area contributed by atoms with E-state index in [1.165, 1.54) is 0 Å². The molecule has 110 valence electrons. The lowest BCUT2D eigenvalue weighted by Crippen LogP contribution is -2.32. The number of hydrogen-bond acceptors (Lipinski definition) is 6. The molecule has 0 radical (unpaired) electrons.